The van der Waals surface area contributed by atoms with Gasteiger partial charge in [-0.05, 0) is 36.8 Å². The zero-order chi connectivity index (χ0) is 18.9. The molecule has 2 aromatic carbocycles. The Kier molecular flexibility index (Phi) is 6.14. The SMILES string of the molecule is CCOc1ccccc1-c1cc(C(=O)N/N=C\C=C\c2ccccc2)[nH]n1. The monoisotopic (exact) mass is 360 g/mol. The lowest BCUT2D eigenvalue weighted by Gasteiger charge is -2.07. The molecule has 3 rings (SSSR count). The van der Waals surface area contributed by atoms with Crippen LogP contribution in [-0.2, 0) is 0 Å². The molecule has 0 bridgehead atoms. The van der Waals surface area contributed by atoms with E-state index in [2.05, 4.69) is 20.7 Å². The van der Waals surface area contributed by atoms with Gasteiger partial charge < -0.3 is 4.74 Å². The van der Waals surface area contributed by atoms with Crippen LogP contribution < -0.4 is 10.2 Å². The number of hydrazone groups is 1. The zero-order valence-electron chi connectivity index (χ0n) is 14.9. The first-order valence-corrected chi connectivity index (χ1v) is 8.60. The first-order chi connectivity index (χ1) is 13.3. The van der Waals surface area contributed by atoms with Crippen molar-refractivity contribution in [2.45, 2.75) is 6.92 Å². The zero-order valence-corrected chi connectivity index (χ0v) is 14.9. The Balaban J connectivity index is 1.62. The fourth-order valence-corrected chi connectivity index (χ4v) is 2.45. The Hall–Kier alpha value is -3.67. The second kappa shape index (κ2) is 9.15. The minimum Gasteiger partial charge on any atom is -0.493 e. The molecule has 0 saturated carbocycles. The van der Waals surface area contributed by atoms with Crippen molar-refractivity contribution >= 4 is 18.2 Å². The van der Waals surface area contributed by atoms with Crippen molar-refractivity contribution < 1.29 is 9.53 Å². The molecule has 136 valence electrons. The Bertz CT molecular complexity index is 946. The third kappa shape index (κ3) is 4.92. The molecule has 1 heterocycles. The number of benzene rings is 2. The summed E-state index contributed by atoms with van der Waals surface area (Å²) in [7, 11) is 0. The van der Waals surface area contributed by atoms with E-state index >= 15 is 0 Å². The number of amides is 1. The van der Waals surface area contributed by atoms with Gasteiger partial charge in [-0.25, -0.2) is 5.43 Å². The fourth-order valence-electron chi connectivity index (χ4n) is 2.45. The Morgan fingerprint density at radius 1 is 1.19 bits per heavy atom. The van der Waals surface area contributed by atoms with Gasteiger partial charge in [-0.2, -0.15) is 10.2 Å². The predicted octanol–water partition coefficient (Wildman–Crippen LogP) is 3.90. The average molecular weight is 360 g/mol. The lowest BCUT2D eigenvalue weighted by Crippen LogP contribution is -2.17. The lowest BCUT2D eigenvalue weighted by molar-refractivity contribution is 0.0950. The van der Waals surface area contributed by atoms with Crippen LogP contribution in [0.1, 0.15) is 23.0 Å². The standard InChI is InChI=1S/C21H20N4O2/c1-2-27-20-13-7-6-12-17(20)18-15-19(24-23-18)21(26)25-22-14-8-11-16-9-4-3-5-10-16/h3-15H,2H2,1H3,(H,23,24)(H,25,26)/b11-8+,22-14-. The van der Waals surface area contributed by atoms with E-state index in [1.807, 2.05) is 67.6 Å². The maximum Gasteiger partial charge on any atom is 0.289 e. The molecule has 0 aliphatic carbocycles. The molecule has 6 nitrogen and oxygen atoms in total. The van der Waals surface area contributed by atoms with Gasteiger partial charge in [0.2, 0.25) is 0 Å². The highest BCUT2D eigenvalue weighted by Crippen LogP contribution is 2.28. The van der Waals surface area contributed by atoms with E-state index in [0.29, 0.717) is 18.0 Å². The smallest absolute Gasteiger partial charge is 0.289 e. The molecule has 0 radical (unpaired) electrons. The summed E-state index contributed by atoms with van der Waals surface area (Å²) in [6.07, 6.45) is 5.17. The molecular formula is C21H20N4O2. The summed E-state index contributed by atoms with van der Waals surface area (Å²) in [5, 5.41) is 10.8. The third-order valence-corrected chi connectivity index (χ3v) is 3.70. The molecule has 3 aromatic rings. The second-order valence-corrected chi connectivity index (χ2v) is 5.58. The summed E-state index contributed by atoms with van der Waals surface area (Å²) in [6, 6.07) is 19.1. The van der Waals surface area contributed by atoms with E-state index in [-0.39, 0.29) is 5.91 Å². The van der Waals surface area contributed by atoms with Crippen LogP contribution in [0.4, 0.5) is 0 Å². The van der Waals surface area contributed by atoms with E-state index in [0.717, 1.165) is 16.9 Å². The van der Waals surface area contributed by atoms with Gasteiger partial charge in [0.25, 0.3) is 5.91 Å². The summed E-state index contributed by atoms with van der Waals surface area (Å²) in [5.74, 6) is 0.356. The van der Waals surface area contributed by atoms with Crippen LogP contribution in [0.3, 0.4) is 0 Å². The fraction of sp³-hybridized carbons (Fsp3) is 0.0952. The number of carbonyl (C=O) groups excluding carboxylic acids is 1. The van der Waals surface area contributed by atoms with E-state index < -0.39 is 0 Å². The van der Waals surface area contributed by atoms with Crippen molar-refractivity contribution in [2.24, 2.45) is 5.10 Å². The molecule has 0 saturated heterocycles. The first kappa shape index (κ1) is 18.1. The Labute approximate surface area is 157 Å². The predicted molar refractivity (Wildman–Crippen MR) is 107 cm³/mol. The van der Waals surface area contributed by atoms with Gasteiger partial charge in [0.1, 0.15) is 11.4 Å². The largest absolute Gasteiger partial charge is 0.493 e. The first-order valence-electron chi connectivity index (χ1n) is 8.60. The average Bonchev–Trinajstić information content (AvgIpc) is 3.19. The third-order valence-electron chi connectivity index (χ3n) is 3.70. The van der Waals surface area contributed by atoms with Crippen molar-refractivity contribution in [1.82, 2.24) is 15.6 Å². The highest BCUT2D eigenvalue weighted by molar-refractivity contribution is 5.94. The van der Waals surface area contributed by atoms with Crippen molar-refractivity contribution in [3.63, 3.8) is 0 Å². The van der Waals surface area contributed by atoms with Gasteiger partial charge in [-0.3, -0.25) is 9.89 Å². The van der Waals surface area contributed by atoms with Gasteiger partial charge in [0.05, 0.1) is 12.3 Å². The maximum atomic E-state index is 12.2. The molecule has 0 aliphatic rings. The minimum atomic E-state index is -0.369. The summed E-state index contributed by atoms with van der Waals surface area (Å²) in [5.41, 5.74) is 5.30. The molecule has 6 heteroatoms. The van der Waals surface area contributed by atoms with Gasteiger partial charge in [-0.15, -0.1) is 0 Å². The van der Waals surface area contributed by atoms with Crippen LogP contribution in [0.25, 0.3) is 17.3 Å². The van der Waals surface area contributed by atoms with Gasteiger partial charge >= 0.3 is 0 Å². The normalized spacial score (nSPS) is 11.1. The number of ether oxygens (including phenoxy) is 1. The van der Waals surface area contributed by atoms with Crippen molar-refractivity contribution in [1.29, 1.82) is 0 Å². The quantitative estimate of drug-likeness (QED) is 0.495. The number of nitrogens with one attached hydrogen (secondary N) is 2. The molecule has 0 unspecified atom stereocenters. The number of aromatic nitrogens is 2. The molecular weight excluding hydrogens is 340 g/mol. The molecule has 0 aliphatic heterocycles. The van der Waals surface area contributed by atoms with Gasteiger partial charge in [0.15, 0.2) is 0 Å². The molecule has 0 fully saturated rings. The van der Waals surface area contributed by atoms with Gasteiger partial charge in [0, 0.05) is 11.8 Å². The van der Waals surface area contributed by atoms with Crippen LogP contribution in [0.5, 0.6) is 5.75 Å². The number of H-pyrrole nitrogens is 1. The molecule has 1 aromatic heterocycles. The number of hydrogen-bond acceptors (Lipinski definition) is 4. The van der Waals surface area contributed by atoms with Gasteiger partial charge in [-0.1, -0.05) is 48.5 Å². The molecule has 27 heavy (non-hydrogen) atoms. The van der Waals surface area contributed by atoms with E-state index in [1.165, 1.54) is 6.21 Å². The van der Waals surface area contributed by atoms with E-state index in [1.54, 1.807) is 12.1 Å². The number of hydrogen-bond donors (Lipinski definition) is 2. The molecule has 2 N–H and O–H groups in total. The molecule has 1 amide bonds. The highest BCUT2D eigenvalue weighted by atomic mass is 16.5. The topological polar surface area (TPSA) is 79.4 Å². The number of carbonyl (C=O) groups is 1. The minimum absolute atomic E-state index is 0.320. The summed E-state index contributed by atoms with van der Waals surface area (Å²) >= 11 is 0. The van der Waals surface area contributed by atoms with Crippen LogP contribution >= 0.6 is 0 Å². The van der Waals surface area contributed by atoms with Crippen LogP contribution in [0.2, 0.25) is 0 Å². The Morgan fingerprint density at radius 2 is 1.96 bits per heavy atom. The van der Waals surface area contributed by atoms with Crippen molar-refractivity contribution in [2.75, 3.05) is 6.61 Å². The highest BCUT2D eigenvalue weighted by Gasteiger charge is 2.13. The second-order valence-electron chi connectivity index (χ2n) is 5.58. The summed E-state index contributed by atoms with van der Waals surface area (Å²) < 4.78 is 5.60. The number of allylic oxidation sites excluding steroid dienone is 1. The molecule has 0 spiro atoms. The van der Waals surface area contributed by atoms with E-state index in [9.17, 15) is 4.79 Å². The van der Waals surface area contributed by atoms with Crippen LogP contribution in [-0.4, -0.2) is 28.9 Å². The summed E-state index contributed by atoms with van der Waals surface area (Å²) in [4.78, 5) is 12.2. The number of nitrogens with zero attached hydrogens (tertiary/aromatic N) is 2. The lowest BCUT2D eigenvalue weighted by atomic mass is 10.1. The van der Waals surface area contributed by atoms with E-state index in [4.69, 9.17) is 4.74 Å². The number of aromatic amines is 1. The van der Waals surface area contributed by atoms with Crippen molar-refractivity contribution in [3.05, 3.63) is 78.0 Å². The maximum absolute atomic E-state index is 12.2. The molecule has 0 atom stereocenters. The van der Waals surface area contributed by atoms with Crippen molar-refractivity contribution in [3.8, 4) is 17.0 Å². The van der Waals surface area contributed by atoms with Crippen LogP contribution in [0, 0.1) is 0 Å². The van der Waals surface area contributed by atoms with Crippen LogP contribution in [0.15, 0.2) is 71.8 Å². The Morgan fingerprint density at radius 3 is 2.78 bits per heavy atom. The number of rotatable bonds is 7. The number of para-hydroxylation sites is 1. The summed E-state index contributed by atoms with van der Waals surface area (Å²) in [6.45, 7) is 2.48.